The maximum atomic E-state index is 15.2. The van der Waals surface area contributed by atoms with Gasteiger partial charge in [-0.3, -0.25) is 24.8 Å². The molecular formula is C41H42F2N6O2. The first-order chi connectivity index (χ1) is 24.6. The van der Waals surface area contributed by atoms with E-state index < -0.39 is 18.0 Å². The number of benzene rings is 3. The summed E-state index contributed by atoms with van der Waals surface area (Å²) in [7, 11) is 0. The molecule has 2 N–H and O–H groups in total. The van der Waals surface area contributed by atoms with Crippen molar-refractivity contribution in [2.45, 2.75) is 77.0 Å². The standard InChI is InChI=1S/C41H42F2N6O2/c1-24(42)32-8-5-9-33(39(32)43)25(2)45-40-35-21-37(44-22-36(35)26(3)47-48-40)31-7-4-6-27(20-31)23-49-18-16-29(17-19-49)28-10-12-30(13-11-28)34-14-15-38(50)46-41(34)51/h4-13,20-22,24-25,29,34H,14-19,23H2,1-3H3,(H,45,48)(H,46,50,51). The van der Waals surface area contributed by atoms with Crippen molar-refractivity contribution in [1.82, 2.24) is 25.4 Å². The average molecular weight is 689 g/mol. The number of imide groups is 1. The van der Waals surface area contributed by atoms with E-state index in [4.69, 9.17) is 4.98 Å². The molecule has 4 heterocycles. The number of amides is 2. The van der Waals surface area contributed by atoms with E-state index >= 15 is 4.39 Å². The van der Waals surface area contributed by atoms with Gasteiger partial charge in [0.05, 0.1) is 23.3 Å². The third-order valence-electron chi connectivity index (χ3n) is 10.4. The van der Waals surface area contributed by atoms with Gasteiger partial charge >= 0.3 is 0 Å². The fraction of sp³-hybridized carbons (Fsp3) is 0.341. The van der Waals surface area contributed by atoms with E-state index in [1.807, 2.05) is 26.1 Å². The number of nitrogens with zero attached hydrogens (tertiary/aromatic N) is 4. The number of hydrogen-bond donors (Lipinski definition) is 2. The van der Waals surface area contributed by atoms with Crippen LogP contribution in [0.2, 0.25) is 0 Å². The third-order valence-corrected chi connectivity index (χ3v) is 10.4. The van der Waals surface area contributed by atoms with E-state index in [0.29, 0.717) is 30.1 Å². The van der Waals surface area contributed by atoms with E-state index in [9.17, 15) is 14.0 Å². The third kappa shape index (κ3) is 7.37. The maximum absolute atomic E-state index is 15.2. The van der Waals surface area contributed by atoms with Crippen molar-refractivity contribution in [2.24, 2.45) is 0 Å². The van der Waals surface area contributed by atoms with Gasteiger partial charge in [0.15, 0.2) is 5.82 Å². The van der Waals surface area contributed by atoms with Gasteiger partial charge in [0.2, 0.25) is 11.8 Å². The van der Waals surface area contributed by atoms with Gasteiger partial charge in [-0.25, -0.2) is 8.78 Å². The molecule has 2 aliphatic heterocycles. The molecule has 2 saturated heterocycles. The first-order valence-electron chi connectivity index (χ1n) is 17.7. The zero-order chi connectivity index (χ0) is 35.6. The number of aryl methyl sites for hydroxylation is 1. The first-order valence-corrected chi connectivity index (χ1v) is 17.7. The highest BCUT2D eigenvalue weighted by Gasteiger charge is 2.28. The number of nitrogens with one attached hydrogen (secondary N) is 2. The lowest BCUT2D eigenvalue weighted by Crippen LogP contribution is -2.39. The Morgan fingerprint density at radius 2 is 1.63 bits per heavy atom. The van der Waals surface area contributed by atoms with Crippen LogP contribution in [0.3, 0.4) is 0 Å². The van der Waals surface area contributed by atoms with E-state index in [2.05, 4.69) is 74.3 Å². The van der Waals surface area contributed by atoms with Gasteiger partial charge < -0.3 is 5.32 Å². The molecule has 5 aromatic rings. The van der Waals surface area contributed by atoms with Gasteiger partial charge in [0.1, 0.15) is 12.0 Å². The topological polar surface area (TPSA) is 100 Å². The molecule has 0 bridgehead atoms. The molecule has 7 rings (SSSR count). The second kappa shape index (κ2) is 14.6. The maximum Gasteiger partial charge on any atom is 0.234 e. The Morgan fingerprint density at radius 1 is 0.902 bits per heavy atom. The molecule has 0 saturated carbocycles. The zero-order valence-corrected chi connectivity index (χ0v) is 29.1. The molecule has 262 valence electrons. The molecule has 2 amide bonds. The van der Waals surface area contributed by atoms with Gasteiger partial charge in [0.25, 0.3) is 0 Å². The Hall–Kier alpha value is -5.09. The number of aromatic nitrogens is 3. The summed E-state index contributed by atoms with van der Waals surface area (Å²) in [6, 6.07) is 23.2. The highest BCUT2D eigenvalue weighted by Crippen LogP contribution is 2.34. The van der Waals surface area contributed by atoms with Crippen LogP contribution < -0.4 is 10.6 Å². The molecule has 0 radical (unpaired) electrons. The largest absolute Gasteiger partial charge is 0.361 e. The van der Waals surface area contributed by atoms with Crippen LogP contribution in [0.25, 0.3) is 22.0 Å². The quantitative estimate of drug-likeness (QED) is 0.151. The van der Waals surface area contributed by atoms with Crippen molar-refractivity contribution in [2.75, 3.05) is 18.4 Å². The fourth-order valence-electron chi connectivity index (χ4n) is 7.45. The molecule has 10 heteroatoms. The van der Waals surface area contributed by atoms with Crippen LogP contribution in [0.5, 0.6) is 0 Å². The summed E-state index contributed by atoms with van der Waals surface area (Å²) in [6.45, 7) is 7.84. The molecule has 51 heavy (non-hydrogen) atoms. The van der Waals surface area contributed by atoms with E-state index in [-0.39, 0.29) is 23.3 Å². The molecule has 0 spiro atoms. The number of fused-ring (bicyclic) bond motifs is 1. The predicted octanol–water partition coefficient (Wildman–Crippen LogP) is 8.24. The van der Waals surface area contributed by atoms with Crippen LogP contribution in [0, 0.1) is 12.7 Å². The van der Waals surface area contributed by atoms with Crippen molar-refractivity contribution in [3.63, 3.8) is 0 Å². The van der Waals surface area contributed by atoms with Crippen LogP contribution in [-0.4, -0.2) is 45.0 Å². The number of anilines is 1. The number of carbonyl (C=O) groups is 2. The molecule has 3 atom stereocenters. The smallest absolute Gasteiger partial charge is 0.234 e. The molecule has 2 aromatic heterocycles. The van der Waals surface area contributed by atoms with E-state index in [1.54, 1.807) is 12.1 Å². The normalized spacial score (nSPS) is 18.4. The summed E-state index contributed by atoms with van der Waals surface area (Å²) in [6.07, 6.45) is 3.46. The number of rotatable bonds is 9. The number of piperidine rings is 2. The number of alkyl halides is 1. The molecule has 3 aromatic carbocycles. The molecule has 3 unspecified atom stereocenters. The summed E-state index contributed by atoms with van der Waals surface area (Å²) in [5.74, 6) is -0.226. The molecule has 2 fully saturated rings. The number of likely N-dealkylation sites (tertiary alicyclic amines) is 1. The van der Waals surface area contributed by atoms with Crippen molar-refractivity contribution in [1.29, 1.82) is 0 Å². The van der Waals surface area contributed by atoms with Crippen LogP contribution in [0.1, 0.15) is 97.1 Å². The van der Waals surface area contributed by atoms with Crippen LogP contribution in [0.4, 0.5) is 14.6 Å². The van der Waals surface area contributed by atoms with Gasteiger partial charge in [-0.05, 0) is 87.9 Å². The Balaban J connectivity index is 1.02. The van der Waals surface area contributed by atoms with Crippen molar-refractivity contribution < 1.29 is 18.4 Å². The van der Waals surface area contributed by atoms with Gasteiger partial charge in [-0.2, -0.15) is 5.10 Å². The predicted molar refractivity (Wildman–Crippen MR) is 194 cm³/mol. The fourth-order valence-corrected chi connectivity index (χ4v) is 7.45. The van der Waals surface area contributed by atoms with Crippen LogP contribution in [-0.2, 0) is 16.1 Å². The summed E-state index contributed by atoms with van der Waals surface area (Å²) < 4.78 is 29.2. The summed E-state index contributed by atoms with van der Waals surface area (Å²) in [5.41, 5.74) is 6.40. The van der Waals surface area contributed by atoms with E-state index in [1.165, 1.54) is 24.1 Å². The molecule has 0 aliphatic carbocycles. The summed E-state index contributed by atoms with van der Waals surface area (Å²) in [5, 5.41) is 16.2. The lowest BCUT2D eigenvalue weighted by molar-refractivity contribution is -0.134. The second-order valence-corrected chi connectivity index (χ2v) is 13.9. The average Bonchev–Trinajstić information content (AvgIpc) is 3.13. The Kier molecular flexibility index (Phi) is 9.86. The summed E-state index contributed by atoms with van der Waals surface area (Å²) >= 11 is 0. The van der Waals surface area contributed by atoms with Crippen LogP contribution in [0.15, 0.2) is 79.0 Å². The van der Waals surface area contributed by atoms with Gasteiger partial charge in [-0.1, -0.05) is 60.7 Å². The lowest BCUT2D eigenvalue weighted by atomic mass is 9.86. The minimum Gasteiger partial charge on any atom is -0.361 e. The minimum atomic E-state index is -1.41. The Morgan fingerprint density at radius 3 is 2.37 bits per heavy atom. The SMILES string of the molecule is Cc1nnc(NC(C)c2cccc(C(C)F)c2F)c2cc(-c3cccc(CN4CCC(c5ccc(C6CCC(=O)NC6=O)cc5)CC4)c3)ncc12. The lowest BCUT2D eigenvalue weighted by Gasteiger charge is -2.32. The van der Waals surface area contributed by atoms with E-state index in [0.717, 1.165) is 65.8 Å². The monoisotopic (exact) mass is 688 g/mol. The number of halogens is 2. The van der Waals surface area contributed by atoms with Gasteiger partial charge in [0, 0.05) is 46.6 Å². The number of pyridine rings is 1. The number of hydrogen-bond acceptors (Lipinski definition) is 7. The highest BCUT2D eigenvalue weighted by molar-refractivity contribution is 6.01. The van der Waals surface area contributed by atoms with Crippen molar-refractivity contribution in [3.8, 4) is 11.3 Å². The molecule has 2 aliphatic rings. The molecule has 8 nitrogen and oxygen atoms in total. The minimum absolute atomic E-state index is 0.0371. The zero-order valence-electron chi connectivity index (χ0n) is 29.1. The number of carbonyl (C=O) groups excluding carboxylic acids is 2. The van der Waals surface area contributed by atoms with Crippen LogP contribution >= 0.6 is 0 Å². The first kappa shape index (κ1) is 34.4. The second-order valence-electron chi connectivity index (χ2n) is 13.9. The summed E-state index contributed by atoms with van der Waals surface area (Å²) in [4.78, 5) is 31.1. The molecular weight excluding hydrogens is 646 g/mol. The van der Waals surface area contributed by atoms with Gasteiger partial charge in [-0.15, -0.1) is 5.10 Å². The van der Waals surface area contributed by atoms with Crippen molar-refractivity contribution >= 4 is 28.4 Å². The highest BCUT2D eigenvalue weighted by atomic mass is 19.1. The Labute approximate surface area is 296 Å². The van der Waals surface area contributed by atoms with Crippen molar-refractivity contribution in [3.05, 3.63) is 118 Å². The Bertz CT molecular complexity index is 2080.